The first-order valence-electron chi connectivity index (χ1n) is 7.87. The summed E-state index contributed by atoms with van der Waals surface area (Å²) in [6, 6.07) is 5.29. The number of rotatable bonds is 7. The SMILES string of the molecule is CCC(c1ccco1)N(CC1CC1)CC1CCCN1. The highest BCUT2D eigenvalue weighted by Crippen LogP contribution is 2.34. The van der Waals surface area contributed by atoms with Crippen molar-refractivity contribution in [2.75, 3.05) is 19.6 Å². The standard InChI is InChI=1S/C16H26N2O/c1-2-15(16-6-4-10-19-16)18(11-13-7-8-13)12-14-5-3-9-17-14/h4,6,10,13-15,17H,2-3,5,7-9,11-12H2,1H3. The number of hydrogen-bond acceptors (Lipinski definition) is 3. The van der Waals surface area contributed by atoms with Gasteiger partial charge in [0.25, 0.3) is 0 Å². The maximum absolute atomic E-state index is 5.67. The third-order valence-corrected chi connectivity index (χ3v) is 4.51. The molecule has 3 rings (SSSR count). The summed E-state index contributed by atoms with van der Waals surface area (Å²) < 4.78 is 5.67. The molecule has 0 spiro atoms. The second-order valence-electron chi connectivity index (χ2n) is 6.13. The molecule has 3 heteroatoms. The van der Waals surface area contributed by atoms with Crippen molar-refractivity contribution in [3.05, 3.63) is 24.2 Å². The quantitative estimate of drug-likeness (QED) is 0.818. The van der Waals surface area contributed by atoms with Gasteiger partial charge in [0.1, 0.15) is 5.76 Å². The van der Waals surface area contributed by atoms with Gasteiger partial charge in [-0.05, 0) is 56.7 Å². The van der Waals surface area contributed by atoms with E-state index < -0.39 is 0 Å². The lowest BCUT2D eigenvalue weighted by Crippen LogP contribution is -2.40. The summed E-state index contributed by atoms with van der Waals surface area (Å²) in [5.74, 6) is 2.08. The molecule has 1 saturated carbocycles. The van der Waals surface area contributed by atoms with Gasteiger partial charge in [-0.1, -0.05) is 6.92 Å². The first kappa shape index (κ1) is 13.2. The van der Waals surface area contributed by atoms with Crippen LogP contribution in [-0.4, -0.2) is 30.6 Å². The predicted octanol–water partition coefficient (Wildman–Crippen LogP) is 3.19. The second kappa shape index (κ2) is 6.10. The van der Waals surface area contributed by atoms with Gasteiger partial charge in [0, 0.05) is 19.1 Å². The summed E-state index contributed by atoms with van der Waals surface area (Å²) in [5.41, 5.74) is 0. The van der Waals surface area contributed by atoms with E-state index in [0.29, 0.717) is 12.1 Å². The maximum atomic E-state index is 5.67. The van der Waals surface area contributed by atoms with Crippen LogP contribution in [0.1, 0.15) is 50.8 Å². The largest absolute Gasteiger partial charge is 0.468 e. The van der Waals surface area contributed by atoms with Gasteiger partial charge in [-0.3, -0.25) is 4.90 Å². The van der Waals surface area contributed by atoms with Gasteiger partial charge in [0.2, 0.25) is 0 Å². The first-order chi connectivity index (χ1) is 9.36. The molecule has 1 saturated heterocycles. The Morgan fingerprint density at radius 3 is 2.84 bits per heavy atom. The smallest absolute Gasteiger partial charge is 0.120 e. The van der Waals surface area contributed by atoms with Gasteiger partial charge >= 0.3 is 0 Å². The van der Waals surface area contributed by atoms with Crippen LogP contribution in [0.15, 0.2) is 22.8 Å². The molecule has 0 aromatic carbocycles. The van der Waals surface area contributed by atoms with E-state index in [1.54, 1.807) is 6.26 Å². The molecule has 1 aromatic rings. The molecule has 0 amide bonds. The minimum Gasteiger partial charge on any atom is -0.468 e. The Kier molecular flexibility index (Phi) is 4.24. The Hall–Kier alpha value is -0.800. The predicted molar refractivity (Wildman–Crippen MR) is 77.1 cm³/mol. The van der Waals surface area contributed by atoms with E-state index in [2.05, 4.69) is 23.2 Å². The van der Waals surface area contributed by atoms with Gasteiger partial charge in [0.15, 0.2) is 0 Å². The lowest BCUT2D eigenvalue weighted by molar-refractivity contribution is 0.149. The molecule has 2 unspecified atom stereocenters. The third-order valence-electron chi connectivity index (χ3n) is 4.51. The van der Waals surface area contributed by atoms with Crippen LogP contribution < -0.4 is 5.32 Å². The van der Waals surface area contributed by atoms with E-state index >= 15 is 0 Å². The summed E-state index contributed by atoms with van der Waals surface area (Å²) in [6.07, 6.45) is 8.44. The van der Waals surface area contributed by atoms with Crippen LogP contribution in [0.2, 0.25) is 0 Å². The Bertz CT molecular complexity index is 366. The highest BCUT2D eigenvalue weighted by atomic mass is 16.3. The molecule has 0 bridgehead atoms. The molecule has 2 atom stereocenters. The van der Waals surface area contributed by atoms with Crippen molar-refractivity contribution in [1.82, 2.24) is 10.2 Å². The minimum absolute atomic E-state index is 0.456. The van der Waals surface area contributed by atoms with E-state index in [-0.39, 0.29) is 0 Å². The van der Waals surface area contributed by atoms with Gasteiger partial charge in [-0.25, -0.2) is 0 Å². The van der Waals surface area contributed by atoms with Crippen LogP contribution in [0.5, 0.6) is 0 Å². The molecular weight excluding hydrogens is 236 g/mol. The normalized spacial score (nSPS) is 25.1. The number of furan rings is 1. The summed E-state index contributed by atoms with van der Waals surface area (Å²) in [6.45, 7) is 5.89. The molecule has 19 heavy (non-hydrogen) atoms. The molecule has 0 radical (unpaired) electrons. The van der Waals surface area contributed by atoms with E-state index in [0.717, 1.165) is 18.1 Å². The van der Waals surface area contributed by atoms with E-state index in [4.69, 9.17) is 4.42 Å². The number of hydrogen-bond donors (Lipinski definition) is 1. The Balaban J connectivity index is 1.68. The Labute approximate surface area is 116 Å². The number of nitrogens with one attached hydrogen (secondary N) is 1. The van der Waals surface area contributed by atoms with Crippen LogP contribution in [0.4, 0.5) is 0 Å². The summed E-state index contributed by atoms with van der Waals surface area (Å²) in [5, 5.41) is 3.63. The third kappa shape index (κ3) is 3.40. The van der Waals surface area contributed by atoms with Gasteiger partial charge in [-0.2, -0.15) is 0 Å². The average molecular weight is 262 g/mol. The van der Waals surface area contributed by atoms with E-state index in [1.807, 2.05) is 6.07 Å². The van der Waals surface area contributed by atoms with Gasteiger partial charge in [-0.15, -0.1) is 0 Å². The van der Waals surface area contributed by atoms with Gasteiger partial charge < -0.3 is 9.73 Å². The van der Waals surface area contributed by atoms with Crippen molar-refractivity contribution in [3.63, 3.8) is 0 Å². The summed E-state index contributed by atoms with van der Waals surface area (Å²) in [4.78, 5) is 2.67. The first-order valence-corrected chi connectivity index (χ1v) is 7.87. The highest BCUT2D eigenvalue weighted by Gasteiger charge is 2.31. The van der Waals surface area contributed by atoms with Crippen molar-refractivity contribution >= 4 is 0 Å². The maximum Gasteiger partial charge on any atom is 0.120 e. The van der Waals surface area contributed by atoms with E-state index in [1.165, 1.54) is 45.3 Å². The van der Waals surface area contributed by atoms with Crippen LogP contribution in [0.3, 0.4) is 0 Å². The van der Waals surface area contributed by atoms with Crippen LogP contribution in [-0.2, 0) is 0 Å². The molecule has 1 aliphatic heterocycles. The van der Waals surface area contributed by atoms with Gasteiger partial charge in [0.05, 0.1) is 12.3 Å². The van der Waals surface area contributed by atoms with Crippen molar-refractivity contribution in [1.29, 1.82) is 0 Å². The van der Waals surface area contributed by atoms with Crippen LogP contribution >= 0.6 is 0 Å². The topological polar surface area (TPSA) is 28.4 Å². The monoisotopic (exact) mass is 262 g/mol. The highest BCUT2D eigenvalue weighted by molar-refractivity contribution is 5.05. The fourth-order valence-corrected chi connectivity index (χ4v) is 3.28. The van der Waals surface area contributed by atoms with Crippen molar-refractivity contribution in [3.8, 4) is 0 Å². The fourth-order valence-electron chi connectivity index (χ4n) is 3.28. The van der Waals surface area contributed by atoms with E-state index in [9.17, 15) is 0 Å². The van der Waals surface area contributed by atoms with Crippen molar-refractivity contribution in [2.24, 2.45) is 5.92 Å². The molecule has 1 aliphatic carbocycles. The van der Waals surface area contributed by atoms with Crippen molar-refractivity contribution < 1.29 is 4.42 Å². The molecule has 106 valence electrons. The van der Waals surface area contributed by atoms with Crippen LogP contribution in [0, 0.1) is 5.92 Å². The fraction of sp³-hybridized carbons (Fsp3) is 0.750. The lowest BCUT2D eigenvalue weighted by atomic mass is 10.1. The zero-order chi connectivity index (χ0) is 13.1. The average Bonchev–Trinajstić information content (AvgIpc) is 2.90. The van der Waals surface area contributed by atoms with Crippen molar-refractivity contribution in [2.45, 2.75) is 51.1 Å². The summed E-state index contributed by atoms with van der Waals surface area (Å²) >= 11 is 0. The lowest BCUT2D eigenvalue weighted by Gasteiger charge is -2.32. The Morgan fingerprint density at radius 2 is 2.26 bits per heavy atom. The molecule has 3 nitrogen and oxygen atoms in total. The molecule has 2 aliphatic rings. The molecule has 1 aromatic heterocycles. The Morgan fingerprint density at radius 1 is 1.37 bits per heavy atom. The molecular formula is C16H26N2O. The molecule has 2 heterocycles. The minimum atomic E-state index is 0.456. The number of nitrogens with zero attached hydrogens (tertiary/aromatic N) is 1. The zero-order valence-corrected chi connectivity index (χ0v) is 12.0. The second-order valence-corrected chi connectivity index (χ2v) is 6.13. The molecule has 2 fully saturated rings. The van der Waals surface area contributed by atoms with Crippen LogP contribution in [0.25, 0.3) is 0 Å². The molecule has 1 N–H and O–H groups in total. The zero-order valence-electron chi connectivity index (χ0n) is 12.0. The summed E-state index contributed by atoms with van der Waals surface area (Å²) in [7, 11) is 0.